The second kappa shape index (κ2) is 5.68. The maximum Gasteiger partial charge on any atom is 0.269 e. The molecule has 0 spiro atoms. The molecule has 1 aromatic rings. The number of halogens is 1. The molecule has 1 saturated heterocycles. The first-order valence-electron chi connectivity index (χ1n) is 7.47. The molecule has 0 aliphatic carbocycles. The molecule has 2 aliphatic rings. The molecule has 0 radical (unpaired) electrons. The normalized spacial score (nSPS) is 25.8. The fraction of sp³-hybridized carbons (Fsp3) is 0.500. The average molecular weight is 305 g/mol. The van der Waals surface area contributed by atoms with E-state index in [-0.39, 0.29) is 11.7 Å². The number of oxime groups is 1. The summed E-state index contributed by atoms with van der Waals surface area (Å²) in [4.78, 5) is 22.2. The number of piperazine rings is 1. The standard InChI is InChI=1S/C16H20FN3O2/c1-16(15(21)20-8-6-19(2)7-9-20)11-14(18-22-16)12-4-3-5-13(17)10-12/h3-5,10H,6-9,11H2,1-2H3/t16-/m1/s1. The van der Waals surface area contributed by atoms with Gasteiger partial charge in [0.25, 0.3) is 5.91 Å². The van der Waals surface area contributed by atoms with Crippen LogP contribution >= 0.6 is 0 Å². The van der Waals surface area contributed by atoms with E-state index >= 15 is 0 Å². The highest BCUT2D eigenvalue weighted by molar-refractivity contribution is 6.05. The monoisotopic (exact) mass is 305 g/mol. The summed E-state index contributed by atoms with van der Waals surface area (Å²) in [6, 6.07) is 6.20. The topological polar surface area (TPSA) is 45.1 Å². The zero-order valence-corrected chi connectivity index (χ0v) is 12.9. The van der Waals surface area contributed by atoms with Crippen molar-refractivity contribution in [1.82, 2.24) is 9.80 Å². The molecule has 0 N–H and O–H groups in total. The van der Waals surface area contributed by atoms with Crippen molar-refractivity contribution in [3.63, 3.8) is 0 Å². The van der Waals surface area contributed by atoms with Gasteiger partial charge in [0, 0.05) is 38.2 Å². The number of amides is 1. The molecular weight excluding hydrogens is 285 g/mol. The lowest BCUT2D eigenvalue weighted by Gasteiger charge is -2.36. The third-order valence-electron chi connectivity index (χ3n) is 4.26. The maximum absolute atomic E-state index is 13.3. The quantitative estimate of drug-likeness (QED) is 0.831. The van der Waals surface area contributed by atoms with Gasteiger partial charge in [0.1, 0.15) is 5.82 Å². The van der Waals surface area contributed by atoms with E-state index in [0.29, 0.717) is 30.8 Å². The first-order chi connectivity index (χ1) is 10.5. The van der Waals surface area contributed by atoms with Crippen LogP contribution in [0.25, 0.3) is 0 Å². The lowest BCUT2D eigenvalue weighted by Crippen LogP contribution is -2.54. The van der Waals surface area contributed by atoms with Gasteiger partial charge in [0.15, 0.2) is 0 Å². The van der Waals surface area contributed by atoms with Gasteiger partial charge in [-0.05, 0) is 26.1 Å². The van der Waals surface area contributed by atoms with Crippen LogP contribution in [-0.4, -0.2) is 60.2 Å². The van der Waals surface area contributed by atoms with Gasteiger partial charge in [0.05, 0.1) is 5.71 Å². The molecule has 22 heavy (non-hydrogen) atoms. The van der Waals surface area contributed by atoms with Crippen molar-refractivity contribution in [3.8, 4) is 0 Å². The van der Waals surface area contributed by atoms with Crippen molar-refractivity contribution in [3.05, 3.63) is 35.6 Å². The van der Waals surface area contributed by atoms with Crippen molar-refractivity contribution in [2.75, 3.05) is 33.2 Å². The molecule has 0 bridgehead atoms. The van der Waals surface area contributed by atoms with Crippen molar-refractivity contribution in [2.45, 2.75) is 18.9 Å². The summed E-state index contributed by atoms with van der Waals surface area (Å²) in [5.41, 5.74) is 0.289. The Morgan fingerprint density at radius 2 is 2.05 bits per heavy atom. The van der Waals surface area contributed by atoms with Gasteiger partial charge in [-0.1, -0.05) is 17.3 Å². The molecule has 0 aromatic heterocycles. The van der Waals surface area contributed by atoms with E-state index in [0.717, 1.165) is 13.1 Å². The van der Waals surface area contributed by atoms with Gasteiger partial charge >= 0.3 is 0 Å². The minimum atomic E-state index is -0.989. The number of hydrogen-bond acceptors (Lipinski definition) is 4. The fourth-order valence-corrected chi connectivity index (χ4v) is 2.82. The molecule has 1 fully saturated rings. The van der Waals surface area contributed by atoms with Gasteiger partial charge in [0.2, 0.25) is 5.60 Å². The Bertz CT molecular complexity index is 611. The lowest BCUT2D eigenvalue weighted by molar-refractivity contribution is -0.154. The predicted molar refractivity (Wildman–Crippen MR) is 81.1 cm³/mol. The molecule has 2 heterocycles. The van der Waals surface area contributed by atoms with E-state index in [9.17, 15) is 9.18 Å². The summed E-state index contributed by atoms with van der Waals surface area (Å²) in [7, 11) is 2.04. The third-order valence-corrected chi connectivity index (χ3v) is 4.26. The van der Waals surface area contributed by atoms with Gasteiger partial charge in [-0.2, -0.15) is 0 Å². The second-order valence-electron chi connectivity index (χ2n) is 6.14. The lowest BCUT2D eigenvalue weighted by atomic mass is 9.94. The van der Waals surface area contributed by atoms with Crippen molar-refractivity contribution < 1.29 is 14.0 Å². The molecule has 1 atom stereocenters. The molecule has 0 unspecified atom stereocenters. The Balaban J connectivity index is 1.70. The number of rotatable bonds is 2. The van der Waals surface area contributed by atoms with Gasteiger partial charge < -0.3 is 14.6 Å². The Morgan fingerprint density at radius 3 is 2.73 bits per heavy atom. The molecule has 6 heteroatoms. The van der Waals surface area contributed by atoms with E-state index in [4.69, 9.17) is 4.84 Å². The van der Waals surface area contributed by atoms with E-state index < -0.39 is 5.60 Å². The van der Waals surface area contributed by atoms with Crippen LogP contribution in [0.4, 0.5) is 4.39 Å². The minimum Gasteiger partial charge on any atom is -0.379 e. The molecular formula is C16H20FN3O2. The smallest absolute Gasteiger partial charge is 0.269 e. The predicted octanol–water partition coefficient (Wildman–Crippen LogP) is 1.48. The largest absolute Gasteiger partial charge is 0.379 e. The van der Waals surface area contributed by atoms with Crippen LogP contribution in [0, 0.1) is 5.82 Å². The Kier molecular flexibility index (Phi) is 3.87. The van der Waals surface area contributed by atoms with Crippen LogP contribution < -0.4 is 0 Å². The van der Waals surface area contributed by atoms with Crippen molar-refractivity contribution in [2.24, 2.45) is 5.16 Å². The van der Waals surface area contributed by atoms with Crippen LogP contribution in [-0.2, 0) is 9.63 Å². The highest BCUT2D eigenvalue weighted by atomic mass is 19.1. The number of hydrogen-bond donors (Lipinski definition) is 0. The number of likely N-dealkylation sites (N-methyl/N-ethyl adjacent to an activating group) is 1. The Hall–Kier alpha value is -1.95. The number of carbonyl (C=O) groups is 1. The van der Waals surface area contributed by atoms with Crippen LogP contribution in [0.5, 0.6) is 0 Å². The van der Waals surface area contributed by atoms with Crippen LogP contribution in [0.2, 0.25) is 0 Å². The van der Waals surface area contributed by atoms with E-state index in [1.165, 1.54) is 12.1 Å². The zero-order valence-electron chi connectivity index (χ0n) is 12.9. The minimum absolute atomic E-state index is 0.0456. The molecule has 3 rings (SSSR count). The number of carbonyl (C=O) groups excluding carboxylic acids is 1. The SMILES string of the molecule is CN1CCN(C(=O)[C@@]2(C)CC(c3cccc(F)c3)=NO2)CC1. The number of benzene rings is 1. The van der Waals surface area contributed by atoms with E-state index in [1.54, 1.807) is 19.1 Å². The average Bonchev–Trinajstić information content (AvgIpc) is 2.91. The highest BCUT2D eigenvalue weighted by Crippen LogP contribution is 2.29. The van der Waals surface area contributed by atoms with E-state index in [1.807, 2.05) is 11.9 Å². The molecule has 0 saturated carbocycles. The van der Waals surface area contributed by atoms with Crippen molar-refractivity contribution in [1.29, 1.82) is 0 Å². The fourth-order valence-electron chi connectivity index (χ4n) is 2.82. The summed E-state index contributed by atoms with van der Waals surface area (Å²) in [5, 5.41) is 4.02. The van der Waals surface area contributed by atoms with Crippen molar-refractivity contribution >= 4 is 11.6 Å². The summed E-state index contributed by atoms with van der Waals surface area (Å²) >= 11 is 0. The third kappa shape index (κ3) is 2.83. The zero-order chi connectivity index (χ0) is 15.7. The molecule has 2 aliphatic heterocycles. The molecule has 1 amide bonds. The summed E-state index contributed by atoms with van der Waals surface area (Å²) in [5.74, 6) is -0.366. The van der Waals surface area contributed by atoms with Crippen LogP contribution in [0.3, 0.4) is 0 Å². The molecule has 118 valence electrons. The summed E-state index contributed by atoms with van der Waals surface area (Å²) in [6.45, 7) is 4.87. The van der Waals surface area contributed by atoms with Gasteiger partial charge in [-0.3, -0.25) is 4.79 Å². The van der Waals surface area contributed by atoms with Crippen LogP contribution in [0.15, 0.2) is 29.4 Å². The van der Waals surface area contributed by atoms with E-state index in [2.05, 4.69) is 10.1 Å². The first kappa shape index (κ1) is 15.0. The molecule has 1 aromatic carbocycles. The number of nitrogens with zero attached hydrogens (tertiary/aromatic N) is 3. The second-order valence-corrected chi connectivity index (χ2v) is 6.14. The maximum atomic E-state index is 13.3. The van der Waals surface area contributed by atoms with Crippen LogP contribution in [0.1, 0.15) is 18.9 Å². The summed E-state index contributed by atoms with van der Waals surface area (Å²) in [6.07, 6.45) is 0.363. The Labute approximate surface area is 129 Å². The molecule has 5 nitrogen and oxygen atoms in total. The van der Waals surface area contributed by atoms with Gasteiger partial charge in [-0.15, -0.1) is 0 Å². The first-order valence-corrected chi connectivity index (χ1v) is 7.47. The highest BCUT2D eigenvalue weighted by Gasteiger charge is 2.45. The van der Waals surface area contributed by atoms with Gasteiger partial charge in [-0.25, -0.2) is 4.39 Å². The Morgan fingerprint density at radius 1 is 1.32 bits per heavy atom. The summed E-state index contributed by atoms with van der Waals surface area (Å²) < 4.78 is 13.3.